The number of carbonyl (C=O) groups is 4. The normalized spacial score (nSPS) is 14.0. The number of hydrogen-bond donors (Lipinski definition) is 3. The molecule has 0 fully saturated rings. The summed E-state index contributed by atoms with van der Waals surface area (Å²) in [6.45, 7) is 11.9. The van der Waals surface area contributed by atoms with Crippen LogP contribution in [0.4, 0.5) is 0 Å². The summed E-state index contributed by atoms with van der Waals surface area (Å²) >= 11 is 0. The molecule has 0 aliphatic heterocycles. The van der Waals surface area contributed by atoms with Crippen LogP contribution in [-0.4, -0.2) is 96.7 Å². The Kier molecular flexibility index (Phi) is 70.9. The fraction of sp³-hybridized carbons (Fsp3) is 0.951. The van der Waals surface area contributed by atoms with Crippen LogP contribution in [0.2, 0.25) is 0 Å². The second-order valence-electron chi connectivity index (χ2n) is 30.9. The second kappa shape index (κ2) is 72.3. The van der Waals surface area contributed by atoms with Crippen molar-refractivity contribution in [2.24, 2.45) is 17.8 Å². The molecule has 0 heterocycles. The molecule has 0 amide bonds. The first-order valence-electron chi connectivity index (χ1n) is 42.3. The molecule has 0 aromatic rings. The van der Waals surface area contributed by atoms with Crippen LogP contribution in [0, 0.1) is 17.8 Å². The average molecular weight is 1480 g/mol. The van der Waals surface area contributed by atoms with E-state index in [1.54, 1.807) is 0 Å². The van der Waals surface area contributed by atoms with Gasteiger partial charge in [-0.3, -0.25) is 37.3 Å². The minimum atomic E-state index is -4.96. The van der Waals surface area contributed by atoms with Crippen molar-refractivity contribution in [2.45, 2.75) is 446 Å². The maximum absolute atomic E-state index is 13.1. The van der Waals surface area contributed by atoms with Crippen molar-refractivity contribution in [3.63, 3.8) is 0 Å². The van der Waals surface area contributed by atoms with Gasteiger partial charge in [0, 0.05) is 25.7 Å². The Morgan fingerprint density at radius 3 is 0.673 bits per heavy atom. The SMILES string of the molecule is CCCCCCCC(=O)OC[C@H](COP(=O)(O)OC[C@H](O)COP(=O)(O)OC[C@@H](COC(=O)CCCCCCCCCCCCCCCCCCC(C)C)OC(=O)CCCCCCCCCCCCCCCCCCCCC(C)C)OC(=O)CCCCCCCCCCCCCCCC(C)C. The van der Waals surface area contributed by atoms with E-state index in [9.17, 15) is 43.2 Å². The molecule has 17 nitrogen and oxygen atoms in total. The molecule has 0 rings (SSSR count). The smallest absolute Gasteiger partial charge is 0.462 e. The van der Waals surface area contributed by atoms with Crippen molar-refractivity contribution in [3.05, 3.63) is 0 Å². The Hall–Kier alpha value is -1.94. The van der Waals surface area contributed by atoms with Gasteiger partial charge in [-0.15, -0.1) is 0 Å². The predicted octanol–water partition coefficient (Wildman–Crippen LogP) is 24.5. The summed E-state index contributed by atoms with van der Waals surface area (Å²) in [5, 5.41) is 10.6. The van der Waals surface area contributed by atoms with E-state index in [2.05, 4.69) is 48.5 Å². The van der Waals surface area contributed by atoms with Crippen LogP contribution in [0.5, 0.6) is 0 Å². The third-order valence-corrected chi connectivity index (χ3v) is 21.0. The number of unbranched alkanes of at least 4 members (excludes halogenated alkanes) is 48. The minimum absolute atomic E-state index is 0.106. The molecule has 5 atom stereocenters. The molecule has 0 aliphatic carbocycles. The molecule has 0 aliphatic rings. The van der Waals surface area contributed by atoms with E-state index in [4.69, 9.17) is 37.0 Å². The zero-order chi connectivity index (χ0) is 74.4. The van der Waals surface area contributed by atoms with Gasteiger partial charge in [-0.05, 0) is 43.4 Å². The van der Waals surface area contributed by atoms with E-state index in [-0.39, 0.29) is 25.7 Å². The summed E-state index contributed by atoms with van der Waals surface area (Å²) in [7, 11) is -9.91. The van der Waals surface area contributed by atoms with Crippen LogP contribution >= 0.6 is 15.6 Å². The quantitative estimate of drug-likeness (QED) is 0.0222. The first-order valence-corrected chi connectivity index (χ1v) is 45.3. The number of aliphatic hydroxyl groups is 1. The molecule has 0 aromatic heterocycles. The standard InChI is InChI=1S/C82H160O17P2/c1-8-9-10-46-56-63-79(84)92-69-77(98-81(86)65-59-52-45-39-33-27-21-24-30-36-42-49-55-62-75(6)7)71-96-100(88,89)94-67-76(83)68-95-101(90,91)97-72-78(70-93-80(85)64-57-50-43-37-31-25-19-16-15-18-23-29-35-41-48-54-61-74(4)5)99-82(87)66-58-51-44-38-32-26-20-14-12-11-13-17-22-28-34-40-47-53-60-73(2)3/h73-78,83H,8-72H2,1-7H3,(H,88,89)(H,90,91)/t76-,77+,78+/m0/s1. The zero-order valence-corrected chi connectivity index (χ0v) is 68.2. The van der Waals surface area contributed by atoms with Gasteiger partial charge in [0.1, 0.15) is 19.3 Å². The van der Waals surface area contributed by atoms with Gasteiger partial charge in [-0.1, -0.05) is 376 Å². The molecule has 0 radical (unpaired) electrons. The van der Waals surface area contributed by atoms with Gasteiger partial charge in [-0.2, -0.15) is 0 Å². The highest BCUT2D eigenvalue weighted by Crippen LogP contribution is 2.45. The first kappa shape index (κ1) is 99.1. The molecular formula is C82H160O17P2. The predicted molar refractivity (Wildman–Crippen MR) is 414 cm³/mol. The van der Waals surface area contributed by atoms with Crippen LogP contribution < -0.4 is 0 Å². The number of esters is 4. The highest BCUT2D eigenvalue weighted by atomic mass is 31.2. The Bertz CT molecular complexity index is 1960. The Morgan fingerprint density at radius 1 is 0.267 bits per heavy atom. The Labute approximate surface area is 619 Å². The van der Waals surface area contributed by atoms with E-state index in [0.717, 1.165) is 114 Å². The monoisotopic (exact) mass is 1480 g/mol. The Balaban J connectivity index is 5.12. The summed E-state index contributed by atoms with van der Waals surface area (Å²) in [5.41, 5.74) is 0. The maximum Gasteiger partial charge on any atom is 0.472 e. The number of ether oxygens (including phenoxy) is 4. The van der Waals surface area contributed by atoms with Crippen molar-refractivity contribution >= 4 is 39.5 Å². The van der Waals surface area contributed by atoms with E-state index < -0.39 is 97.5 Å². The molecular weight excluding hydrogens is 1320 g/mol. The summed E-state index contributed by atoms with van der Waals surface area (Å²) in [4.78, 5) is 72.8. The highest BCUT2D eigenvalue weighted by Gasteiger charge is 2.30. The number of carbonyl (C=O) groups excluding carboxylic acids is 4. The number of hydrogen-bond acceptors (Lipinski definition) is 15. The zero-order valence-electron chi connectivity index (χ0n) is 66.4. The molecule has 0 saturated heterocycles. The fourth-order valence-corrected chi connectivity index (χ4v) is 14.2. The molecule has 0 aromatic carbocycles. The Morgan fingerprint density at radius 2 is 0.455 bits per heavy atom. The van der Waals surface area contributed by atoms with Gasteiger partial charge in [0.05, 0.1) is 26.4 Å². The molecule has 3 N–H and O–H groups in total. The van der Waals surface area contributed by atoms with E-state index >= 15 is 0 Å². The number of phosphoric ester groups is 2. The third-order valence-electron chi connectivity index (χ3n) is 19.1. The van der Waals surface area contributed by atoms with E-state index in [1.807, 2.05) is 0 Å². The molecule has 2 unspecified atom stereocenters. The third kappa shape index (κ3) is 76.1. The van der Waals surface area contributed by atoms with Crippen molar-refractivity contribution in [3.8, 4) is 0 Å². The van der Waals surface area contributed by atoms with Crippen LogP contribution in [0.3, 0.4) is 0 Å². The lowest BCUT2D eigenvalue weighted by atomic mass is 10.0. The summed E-state index contributed by atoms with van der Waals surface area (Å²) in [6.07, 6.45) is 61.6. The topological polar surface area (TPSA) is 237 Å². The minimum Gasteiger partial charge on any atom is -0.462 e. The van der Waals surface area contributed by atoms with Gasteiger partial charge >= 0.3 is 39.5 Å². The summed E-state index contributed by atoms with van der Waals surface area (Å²) < 4.78 is 68.5. The van der Waals surface area contributed by atoms with Crippen LogP contribution in [-0.2, 0) is 65.4 Å². The van der Waals surface area contributed by atoms with Gasteiger partial charge in [0.2, 0.25) is 0 Å². The molecule has 101 heavy (non-hydrogen) atoms. The second-order valence-corrected chi connectivity index (χ2v) is 33.8. The van der Waals surface area contributed by atoms with E-state index in [0.29, 0.717) is 25.7 Å². The lowest BCUT2D eigenvalue weighted by molar-refractivity contribution is -0.161. The number of aliphatic hydroxyl groups excluding tert-OH is 1. The van der Waals surface area contributed by atoms with Gasteiger partial charge in [0.15, 0.2) is 12.2 Å². The number of rotatable bonds is 80. The summed E-state index contributed by atoms with van der Waals surface area (Å²) in [5.74, 6) is 0.299. The molecule has 0 spiro atoms. The molecule has 19 heteroatoms. The fourth-order valence-electron chi connectivity index (χ4n) is 12.7. The van der Waals surface area contributed by atoms with Gasteiger partial charge < -0.3 is 33.8 Å². The maximum atomic E-state index is 13.1. The van der Waals surface area contributed by atoms with Gasteiger partial charge in [0.25, 0.3) is 0 Å². The van der Waals surface area contributed by atoms with E-state index in [1.165, 1.54) is 231 Å². The lowest BCUT2D eigenvalue weighted by Gasteiger charge is -2.21. The van der Waals surface area contributed by atoms with Crippen molar-refractivity contribution in [1.29, 1.82) is 0 Å². The largest absolute Gasteiger partial charge is 0.472 e. The molecule has 600 valence electrons. The van der Waals surface area contributed by atoms with Crippen LogP contribution in [0.25, 0.3) is 0 Å². The first-order chi connectivity index (χ1) is 48.7. The van der Waals surface area contributed by atoms with Crippen LogP contribution in [0.15, 0.2) is 0 Å². The number of phosphoric acid groups is 2. The highest BCUT2D eigenvalue weighted by molar-refractivity contribution is 7.47. The van der Waals surface area contributed by atoms with Gasteiger partial charge in [-0.25, -0.2) is 9.13 Å². The van der Waals surface area contributed by atoms with Crippen molar-refractivity contribution in [1.82, 2.24) is 0 Å². The van der Waals surface area contributed by atoms with Crippen molar-refractivity contribution < 1.29 is 80.2 Å². The molecule has 0 saturated carbocycles. The van der Waals surface area contributed by atoms with Crippen LogP contribution in [0.1, 0.15) is 427 Å². The summed E-state index contributed by atoms with van der Waals surface area (Å²) in [6, 6.07) is 0. The molecule has 0 bridgehead atoms. The van der Waals surface area contributed by atoms with Crippen molar-refractivity contribution in [2.75, 3.05) is 39.6 Å². The average Bonchev–Trinajstić information content (AvgIpc) is 1.00. The lowest BCUT2D eigenvalue weighted by Crippen LogP contribution is -2.30.